The molecule has 1 fully saturated rings. The minimum atomic E-state index is 0.0935. The van der Waals surface area contributed by atoms with Crippen LogP contribution in [0.5, 0.6) is 0 Å². The highest BCUT2D eigenvalue weighted by Gasteiger charge is 2.27. The molecule has 23 heavy (non-hydrogen) atoms. The number of nitrogens with two attached hydrogens (primary N) is 1. The molecule has 3 heterocycles. The van der Waals surface area contributed by atoms with Crippen LogP contribution in [0.15, 0.2) is 36.4 Å². The van der Waals surface area contributed by atoms with Crippen LogP contribution < -0.4 is 10.6 Å². The molecular weight excluding hydrogens is 290 g/mol. The molecule has 0 spiro atoms. The summed E-state index contributed by atoms with van der Waals surface area (Å²) in [6, 6.07) is 12.2. The monoisotopic (exact) mass is 309 g/mol. The molecule has 6 heteroatoms. The van der Waals surface area contributed by atoms with Crippen molar-refractivity contribution in [3.8, 4) is 11.3 Å². The molecule has 1 aliphatic heterocycles. The van der Waals surface area contributed by atoms with E-state index in [1.807, 2.05) is 36.4 Å². The van der Waals surface area contributed by atoms with E-state index in [1.54, 1.807) is 0 Å². The summed E-state index contributed by atoms with van der Waals surface area (Å²) in [5.41, 5.74) is 9.66. The molecule has 2 aromatic heterocycles. The molecule has 118 valence electrons. The minimum Gasteiger partial charge on any atom is -0.394 e. The number of aromatic amines is 1. The van der Waals surface area contributed by atoms with Crippen molar-refractivity contribution in [3.05, 3.63) is 36.4 Å². The number of nitrogens with one attached hydrogen (secondary N) is 1. The predicted molar refractivity (Wildman–Crippen MR) is 91.2 cm³/mol. The van der Waals surface area contributed by atoms with Crippen LogP contribution in [-0.2, 0) is 0 Å². The zero-order valence-corrected chi connectivity index (χ0v) is 12.7. The molecule has 1 unspecified atom stereocenters. The van der Waals surface area contributed by atoms with Crippen LogP contribution in [0, 0.1) is 0 Å². The third kappa shape index (κ3) is 2.41. The van der Waals surface area contributed by atoms with Gasteiger partial charge in [-0.1, -0.05) is 30.3 Å². The molecule has 0 saturated carbocycles. The summed E-state index contributed by atoms with van der Waals surface area (Å²) in [4.78, 5) is 14.3. The number of fused-ring (bicyclic) bond motifs is 1. The lowest BCUT2D eigenvalue weighted by molar-refractivity contribution is 0.266. The molecule has 0 amide bonds. The highest BCUT2D eigenvalue weighted by molar-refractivity contribution is 5.91. The summed E-state index contributed by atoms with van der Waals surface area (Å²) in [6.07, 6.45) is 2.01. The molecule has 1 aromatic carbocycles. The first kappa shape index (κ1) is 14.0. The van der Waals surface area contributed by atoms with Crippen molar-refractivity contribution in [1.82, 2.24) is 15.0 Å². The number of nitrogen functional groups attached to an aromatic ring is 1. The Balaban J connectivity index is 1.86. The standard InChI is InChI=1S/C17H19N5O/c18-17-20-14-9-13(11-5-2-1-3-6-11)19-15(14)16(21-17)22-8-4-7-12(22)10-23/h1-3,5-6,9,12,19,23H,4,7-8,10H2,(H2,18,20,21). The molecule has 4 N–H and O–H groups in total. The quantitative estimate of drug-likeness (QED) is 0.690. The van der Waals surface area contributed by atoms with Gasteiger partial charge in [0.25, 0.3) is 0 Å². The fourth-order valence-electron chi connectivity index (χ4n) is 3.30. The Kier molecular flexibility index (Phi) is 3.38. The number of anilines is 2. The van der Waals surface area contributed by atoms with Gasteiger partial charge in [-0.2, -0.15) is 4.98 Å². The normalized spacial score (nSPS) is 18.0. The van der Waals surface area contributed by atoms with Gasteiger partial charge in [-0.05, 0) is 24.5 Å². The maximum Gasteiger partial charge on any atom is 0.222 e. The van der Waals surface area contributed by atoms with Gasteiger partial charge in [0, 0.05) is 12.2 Å². The lowest BCUT2D eigenvalue weighted by atomic mass is 10.2. The smallest absolute Gasteiger partial charge is 0.222 e. The summed E-state index contributed by atoms with van der Waals surface area (Å²) < 4.78 is 0. The molecule has 1 aliphatic rings. The summed E-state index contributed by atoms with van der Waals surface area (Å²) >= 11 is 0. The van der Waals surface area contributed by atoms with Crippen molar-refractivity contribution in [3.63, 3.8) is 0 Å². The number of aliphatic hydroxyl groups is 1. The molecule has 0 radical (unpaired) electrons. The largest absolute Gasteiger partial charge is 0.394 e. The summed E-state index contributed by atoms with van der Waals surface area (Å²) in [6.45, 7) is 0.994. The van der Waals surface area contributed by atoms with Gasteiger partial charge in [0.1, 0.15) is 5.52 Å². The van der Waals surface area contributed by atoms with E-state index in [0.29, 0.717) is 0 Å². The highest BCUT2D eigenvalue weighted by Crippen LogP contribution is 2.32. The Bertz CT molecular complexity index is 830. The van der Waals surface area contributed by atoms with Crippen LogP contribution in [0.25, 0.3) is 22.3 Å². The molecule has 1 atom stereocenters. The van der Waals surface area contributed by atoms with Crippen LogP contribution in [0.3, 0.4) is 0 Å². The van der Waals surface area contributed by atoms with Crippen LogP contribution in [-0.4, -0.2) is 39.3 Å². The second kappa shape index (κ2) is 5.55. The number of H-pyrrole nitrogens is 1. The summed E-state index contributed by atoms with van der Waals surface area (Å²) in [7, 11) is 0. The van der Waals surface area contributed by atoms with Gasteiger partial charge in [-0.25, -0.2) is 4.98 Å². The van der Waals surface area contributed by atoms with Crippen molar-refractivity contribution in [2.24, 2.45) is 0 Å². The molecule has 1 saturated heterocycles. The molecule has 0 bridgehead atoms. The van der Waals surface area contributed by atoms with E-state index in [4.69, 9.17) is 5.73 Å². The average Bonchev–Trinajstić information content (AvgIpc) is 3.21. The van der Waals surface area contributed by atoms with Crippen molar-refractivity contribution in [1.29, 1.82) is 0 Å². The van der Waals surface area contributed by atoms with Crippen LogP contribution in [0.2, 0.25) is 0 Å². The van der Waals surface area contributed by atoms with Crippen LogP contribution >= 0.6 is 0 Å². The number of nitrogens with zero attached hydrogens (tertiary/aromatic N) is 3. The first-order chi connectivity index (χ1) is 11.3. The number of aromatic nitrogens is 3. The molecular formula is C17H19N5O. The fourth-order valence-corrected chi connectivity index (χ4v) is 3.30. The Morgan fingerprint density at radius 3 is 2.87 bits per heavy atom. The van der Waals surface area contributed by atoms with E-state index in [1.165, 1.54) is 0 Å². The van der Waals surface area contributed by atoms with Gasteiger partial charge in [0.05, 0.1) is 18.2 Å². The third-order valence-electron chi connectivity index (χ3n) is 4.42. The first-order valence-corrected chi connectivity index (χ1v) is 7.85. The van der Waals surface area contributed by atoms with E-state index < -0.39 is 0 Å². The van der Waals surface area contributed by atoms with E-state index in [-0.39, 0.29) is 18.6 Å². The molecule has 0 aliphatic carbocycles. The molecule has 4 rings (SSSR count). The Labute approximate surface area is 134 Å². The number of aliphatic hydroxyl groups excluding tert-OH is 1. The number of hydrogen-bond acceptors (Lipinski definition) is 5. The van der Waals surface area contributed by atoms with Gasteiger partial charge < -0.3 is 20.7 Å². The van der Waals surface area contributed by atoms with E-state index in [9.17, 15) is 5.11 Å². The fraction of sp³-hybridized carbons (Fsp3) is 0.294. The topological polar surface area (TPSA) is 91.1 Å². The second-order valence-electron chi connectivity index (χ2n) is 5.89. The summed E-state index contributed by atoms with van der Waals surface area (Å²) in [5, 5.41) is 9.60. The van der Waals surface area contributed by atoms with Crippen LogP contribution in [0.1, 0.15) is 12.8 Å². The first-order valence-electron chi connectivity index (χ1n) is 7.85. The summed E-state index contributed by atoms with van der Waals surface area (Å²) in [5.74, 6) is 1.04. The Hall–Kier alpha value is -2.60. The van der Waals surface area contributed by atoms with E-state index in [0.717, 1.165) is 47.5 Å². The van der Waals surface area contributed by atoms with Crippen molar-refractivity contribution in [2.45, 2.75) is 18.9 Å². The van der Waals surface area contributed by atoms with Gasteiger partial charge in [0.15, 0.2) is 5.82 Å². The SMILES string of the molecule is Nc1nc(N2CCCC2CO)c2[nH]c(-c3ccccc3)cc2n1. The Morgan fingerprint density at radius 1 is 1.26 bits per heavy atom. The predicted octanol–water partition coefficient (Wildman–Crippen LogP) is 2.17. The van der Waals surface area contributed by atoms with E-state index in [2.05, 4.69) is 19.9 Å². The second-order valence-corrected chi connectivity index (χ2v) is 5.89. The van der Waals surface area contributed by atoms with Crippen molar-refractivity contribution < 1.29 is 5.11 Å². The van der Waals surface area contributed by atoms with Gasteiger partial charge in [-0.15, -0.1) is 0 Å². The molecule has 3 aromatic rings. The average molecular weight is 309 g/mol. The highest BCUT2D eigenvalue weighted by atomic mass is 16.3. The number of hydrogen-bond donors (Lipinski definition) is 3. The van der Waals surface area contributed by atoms with Gasteiger partial charge in [0.2, 0.25) is 5.95 Å². The van der Waals surface area contributed by atoms with E-state index >= 15 is 0 Å². The zero-order chi connectivity index (χ0) is 15.8. The maximum absolute atomic E-state index is 9.60. The lowest BCUT2D eigenvalue weighted by Crippen LogP contribution is -2.33. The number of benzene rings is 1. The van der Waals surface area contributed by atoms with Crippen LogP contribution in [0.4, 0.5) is 11.8 Å². The van der Waals surface area contributed by atoms with Gasteiger partial charge >= 0.3 is 0 Å². The van der Waals surface area contributed by atoms with Crippen molar-refractivity contribution in [2.75, 3.05) is 23.8 Å². The zero-order valence-electron chi connectivity index (χ0n) is 12.7. The maximum atomic E-state index is 9.60. The lowest BCUT2D eigenvalue weighted by Gasteiger charge is -2.24. The Morgan fingerprint density at radius 2 is 2.09 bits per heavy atom. The minimum absolute atomic E-state index is 0.0935. The number of rotatable bonds is 3. The molecule has 6 nitrogen and oxygen atoms in total. The third-order valence-corrected chi connectivity index (χ3v) is 4.42. The van der Waals surface area contributed by atoms with Crippen molar-refractivity contribution >= 4 is 22.8 Å². The van der Waals surface area contributed by atoms with Gasteiger partial charge in [-0.3, -0.25) is 0 Å².